The van der Waals surface area contributed by atoms with Gasteiger partial charge in [-0.15, -0.1) is 0 Å². The molecule has 80 valence electrons. The Bertz CT molecular complexity index is 273. The largest absolute Gasteiger partial charge is 0.385 e. The van der Waals surface area contributed by atoms with Gasteiger partial charge in [-0.25, -0.2) is 0 Å². The molecule has 0 radical (unpaired) electrons. The Morgan fingerprint density at radius 2 is 2.21 bits per heavy atom. The maximum Gasteiger partial charge on any atom is 0.243 e. The second-order valence-electron chi connectivity index (χ2n) is 3.53. The number of ether oxygens (including phenoxy) is 1. The molecule has 0 saturated carbocycles. The maximum absolute atomic E-state index is 5.82. The third-order valence-corrected chi connectivity index (χ3v) is 1.92. The second kappa shape index (κ2) is 5.07. The van der Waals surface area contributed by atoms with Crippen molar-refractivity contribution in [2.75, 3.05) is 13.7 Å². The molecule has 0 bridgehead atoms. The predicted molar refractivity (Wildman–Crippen MR) is 51.8 cm³/mol. The summed E-state index contributed by atoms with van der Waals surface area (Å²) >= 11 is 0. The first kappa shape index (κ1) is 11.1. The van der Waals surface area contributed by atoms with Crippen LogP contribution >= 0.6 is 0 Å². The molecule has 0 aliphatic rings. The van der Waals surface area contributed by atoms with Crippen molar-refractivity contribution in [2.24, 2.45) is 5.73 Å². The number of methoxy groups -OCH3 is 1. The molecule has 0 saturated heterocycles. The van der Waals surface area contributed by atoms with Crippen LogP contribution in [0.2, 0.25) is 0 Å². The number of aromatic nitrogens is 2. The number of hydrogen-bond donors (Lipinski definition) is 1. The lowest BCUT2D eigenvalue weighted by Gasteiger charge is -2.04. The first-order chi connectivity index (χ1) is 6.65. The van der Waals surface area contributed by atoms with E-state index in [4.69, 9.17) is 15.0 Å². The fraction of sp³-hybridized carbons (Fsp3) is 0.778. The maximum atomic E-state index is 5.82. The van der Waals surface area contributed by atoms with E-state index in [1.807, 2.05) is 13.8 Å². The first-order valence-corrected chi connectivity index (χ1v) is 4.73. The lowest BCUT2D eigenvalue weighted by molar-refractivity contribution is 0.182. The smallest absolute Gasteiger partial charge is 0.243 e. The number of nitrogens with two attached hydrogens (primary N) is 1. The first-order valence-electron chi connectivity index (χ1n) is 4.73. The van der Waals surface area contributed by atoms with Crippen molar-refractivity contribution in [3.63, 3.8) is 0 Å². The summed E-state index contributed by atoms with van der Waals surface area (Å²) in [6.45, 7) is 4.62. The number of hydrogen-bond acceptors (Lipinski definition) is 5. The standard InChI is InChI=1S/C9H17N3O2/c1-6(2)8-11-9(14-12-8)7(10)4-5-13-3/h6-7H,4-5,10H2,1-3H3. The molecule has 0 spiro atoms. The molecule has 1 atom stereocenters. The van der Waals surface area contributed by atoms with Gasteiger partial charge in [0.1, 0.15) is 0 Å². The van der Waals surface area contributed by atoms with E-state index in [1.165, 1.54) is 0 Å². The summed E-state index contributed by atoms with van der Waals surface area (Å²) in [4.78, 5) is 4.20. The summed E-state index contributed by atoms with van der Waals surface area (Å²) in [5.74, 6) is 1.46. The summed E-state index contributed by atoms with van der Waals surface area (Å²) in [5, 5.41) is 3.84. The minimum absolute atomic E-state index is 0.227. The molecular weight excluding hydrogens is 182 g/mol. The van der Waals surface area contributed by atoms with Gasteiger partial charge in [0, 0.05) is 19.6 Å². The van der Waals surface area contributed by atoms with Crippen LogP contribution in [0.4, 0.5) is 0 Å². The monoisotopic (exact) mass is 199 g/mol. The van der Waals surface area contributed by atoms with Crippen LogP contribution in [0.3, 0.4) is 0 Å². The molecule has 5 nitrogen and oxygen atoms in total. The normalized spacial score (nSPS) is 13.5. The predicted octanol–water partition coefficient (Wildman–Crippen LogP) is 1.23. The zero-order valence-electron chi connectivity index (χ0n) is 8.86. The topological polar surface area (TPSA) is 74.2 Å². The van der Waals surface area contributed by atoms with Crippen LogP contribution < -0.4 is 5.73 Å². The molecule has 0 amide bonds. The third kappa shape index (κ3) is 2.78. The molecule has 14 heavy (non-hydrogen) atoms. The molecule has 1 heterocycles. The van der Waals surface area contributed by atoms with E-state index in [0.717, 1.165) is 0 Å². The van der Waals surface area contributed by atoms with E-state index >= 15 is 0 Å². The van der Waals surface area contributed by atoms with Gasteiger partial charge in [0.2, 0.25) is 5.89 Å². The summed E-state index contributed by atoms with van der Waals surface area (Å²) < 4.78 is 9.96. The van der Waals surface area contributed by atoms with Crippen LogP contribution in [-0.4, -0.2) is 23.9 Å². The molecule has 0 aromatic carbocycles. The van der Waals surface area contributed by atoms with Gasteiger partial charge >= 0.3 is 0 Å². The van der Waals surface area contributed by atoms with Crippen molar-refractivity contribution in [3.05, 3.63) is 11.7 Å². The Hall–Kier alpha value is -0.940. The molecule has 5 heteroatoms. The van der Waals surface area contributed by atoms with Gasteiger partial charge in [-0.1, -0.05) is 19.0 Å². The molecule has 2 N–H and O–H groups in total. The summed E-state index contributed by atoms with van der Waals surface area (Å²) in [5.41, 5.74) is 5.82. The van der Waals surface area contributed by atoms with Crippen LogP contribution in [0.15, 0.2) is 4.52 Å². The average Bonchev–Trinajstić information content (AvgIpc) is 2.62. The van der Waals surface area contributed by atoms with Crippen LogP contribution in [0.25, 0.3) is 0 Å². The van der Waals surface area contributed by atoms with Crippen molar-refractivity contribution in [2.45, 2.75) is 32.2 Å². The fourth-order valence-electron chi connectivity index (χ4n) is 1.00. The van der Waals surface area contributed by atoms with Gasteiger partial charge in [0.25, 0.3) is 0 Å². The van der Waals surface area contributed by atoms with Crippen LogP contribution in [0, 0.1) is 0 Å². The Kier molecular flexibility index (Phi) is 4.03. The van der Waals surface area contributed by atoms with E-state index in [9.17, 15) is 0 Å². The molecule has 1 rings (SSSR count). The Balaban J connectivity index is 2.57. The lowest BCUT2D eigenvalue weighted by atomic mass is 10.2. The van der Waals surface area contributed by atoms with Crippen LogP contribution in [0.5, 0.6) is 0 Å². The number of rotatable bonds is 5. The highest BCUT2D eigenvalue weighted by atomic mass is 16.5. The van der Waals surface area contributed by atoms with Crippen molar-refractivity contribution in [3.8, 4) is 0 Å². The zero-order valence-corrected chi connectivity index (χ0v) is 8.86. The molecule has 0 aliphatic heterocycles. The Morgan fingerprint density at radius 3 is 2.71 bits per heavy atom. The third-order valence-electron chi connectivity index (χ3n) is 1.92. The summed E-state index contributed by atoms with van der Waals surface area (Å²) in [7, 11) is 1.64. The summed E-state index contributed by atoms with van der Waals surface area (Å²) in [6.07, 6.45) is 0.691. The van der Waals surface area contributed by atoms with Gasteiger partial charge in [0.15, 0.2) is 5.82 Å². The zero-order chi connectivity index (χ0) is 10.6. The minimum Gasteiger partial charge on any atom is -0.385 e. The molecule has 0 aliphatic carbocycles. The van der Waals surface area contributed by atoms with Crippen molar-refractivity contribution >= 4 is 0 Å². The van der Waals surface area contributed by atoms with Gasteiger partial charge in [-0.05, 0) is 6.42 Å². The second-order valence-corrected chi connectivity index (χ2v) is 3.53. The van der Waals surface area contributed by atoms with Crippen molar-refractivity contribution in [1.82, 2.24) is 10.1 Å². The minimum atomic E-state index is -0.227. The average molecular weight is 199 g/mol. The van der Waals surface area contributed by atoms with E-state index in [-0.39, 0.29) is 12.0 Å². The summed E-state index contributed by atoms with van der Waals surface area (Å²) in [6, 6.07) is -0.227. The van der Waals surface area contributed by atoms with Gasteiger partial charge in [0.05, 0.1) is 6.04 Å². The van der Waals surface area contributed by atoms with Crippen molar-refractivity contribution in [1.29, 1.82) is 0 Å². The SMILES string of the molecule is COCCC(N)c1nc(C(C)C)no1. The van der Waals surface area contributed by atoms with E-state index in [2.05, 4.69) is 10.1 Å². The molecule has 1 unspecified atom stereocenters. The fourth-order valence-corrected chi connectivity index (χ4v) is 1.00. The molecule has 0 fully saturated rings. The van der Waals surface area contributed by atoms with Crippen LogP contribution in [-0.2, 0) is 4.74 Å². The van der Waals surface area contributed by atoms with E-state index in [0.29, 0.717) is 24.7 Å². The highest BCUT2D eigenvalue weighted by Crippen LogP contribution is 2.15. The van der Waals surface area contributed by atoms with E-state index < -0.39 is 0 Å². The Labute approximate surface area is 83.6 Å². The highest BCUT2D eigenvalue weighted by Gasteiger charge is 2.15. The highest BCUT2D eigenvalue weighted by molar-refractivity contribution is 4.95. The lowest BCUT2D eigenvalue weighted by Crippen LogP contribution is -2.13. The van der Waals surface area contributed by atoms with Gasteiger partial charge < -0.3 is 15.0 Å². The van der Waals surface area contributed by atoms with Gasteiger partial charge in [-0.2, -0.15) is 4.98 Å². The van der Waals surface area contributed by atoms with Crippen molar-refractivity contribution < 1.29 is 9.26 Å². The molecule has 1 aromatic rings. The van der Waals surface area contributed by atoms with E-state index in [1.54, 1.807) is 7.11 Å². The number of nitrogens with zero attached hydrogens (tertiary/aromatic N) is 2. The molecule has 1 aromatic heterocycles. The Morgan fingerprint density at radius 1 is 1.50 bits per heavy atom. The quantitative estimate of drug-likeness (QED) is 0.772. The van der Waals surface area contributed by atoms with Crippen LogP contribution in [0.1, 0.15) is 43.9 Å². The molecular formula is C9H17N3O2. The van der Waals surface area contributed by atoms with Gasteiger partial charge in [-0.3, -0.25) is 0 Å².